The van der Waals surface area contributed by atoms with E-state index in [-0.39, 0.29) is 25.5 Å². The van der Waals surface area contributed by atoms with Crippen LogP contribution in [-0.2, 0) is 20.9 Å². The first-order chi connectivity index (χ1) is 16.7. The second-order valence-corrected chi connectivity index (χ2v) is 9.53. The lowest BCUT2D eigenvalue weighted by molar-refractivity contribution is -0.236. The smallest absolute Gasteiger partial charge is 0.374 e. The fourth-order valence-electron chi connectivity index (χ4n) is 3.56. The number of halogens is 7. The average Bonchev–Trinajstić information content (AvgIpc) is 2.79. The van der Waals surface area contributed by atoms with Gasteiger partial charge in [0.25, 0.3) is 0 Å². The number of benzene rings is 2. The summed E-state index contributed by atoms with van der Waals surface area (Å²) in [7, 11) is -4.89. The SMILES string of the molecule is O=C(Nc1ccc(C(F)(F)F)cc1F)NC(NS(=O)(=O)c1ccccc1)(C1CCCCO1)C(F)(F)F. The highest BCUT2D eigenvalue weighted by molar-refractivity contribution is 7.89. The largest absolute Gasteiger partial charge is 0.428 e. The number of carbonyl (C=O) groups excluding carboxylic acids is 1. The summed E-state index contributed by atoms with van der Waals surface area (Å²) < 4.78 is 128. The molecule has 1 heterocycles. The second kappa shape index (κ2) is 10.2. The molecule has 0 bridgehead atoms. The Kier molecular flexibility index (Phi) is 7.86. The molecular weight excluding hydrogens is 523 g/mol. The van der Waals surface area contributed by atoms with Crippen LogP contribution in [-0.4, -0.2) is 39.0 Å². The maximum absolute atomic E-state index is 14.5. The van der Waals surface area contributed by atoms with Gasteiger partial charge in [0, 0.05) is 6.61 Å². The lowest BCUT2D eigenvalue weighted by Gasteiger charge is -2.43. The molecule has 2 unspecified atom stereocenters. The van der Waals surface area contributed by atoms with Crippen molar-refractivity contribution in [3.63, 3.8) is 0 Å². The highest BCUT2D eigenvalue weighted by Gasteiger charge is 2.63. The van der Waals surface area contributed by atoms with Crippen molar-refractivity contribution < 1.29 is 48.7 Å². The molecule has 36 heavy (non-hydrogen) atoms. The van der Waals surface area contributed by atoms with E-state index in [1.54, 1.807) is 5.32 Å². The Hall–Kier alpha value is -2.91. The van der Waals surface area contributed by atoms with E-state index in [1.165, 1.54) is 28.2 Å². The van der Waals surface area contributed by atoms with E-state index < -0.39 is 62.1 Å². The van der Waals surface area contributed by atoms with Crippen LogP contribution < -0.4 is 15.4 Å². The first-order valence-corrected chi connectivity index (χ1v) is 11.9. The molecule has 7 nitrogen and oxygen atoms in total. The normalized spacial score (nSPS) is 18.8. The molecule has 1 aliphatic rings. The van der Waals surface area contributed by atoms with Gasteiger partial charge < -0.3 is 15.4 Å². The fraction of sp³-hybridized carbons (Fsp3) is 0.381. The molecule has 2 atom stereocenters. The summed E-state index contributed by atoms with van der Waals surface area (Å²) in [4.78, 5) is 12.0. The van der Waals surface area contributed by atoms with Gasteiger partial charge in [0.2, 0.25) is 15.7 Å². The number of nitrogens with one attached hydrogen (secondary N) is 3. The minimum atomic E-state index is -5.47. The van der Waals surface area contributed by atoms with E-state index in [9.17, 15) is 43.9 Å². The molecule has 0 aliphatic carbocycles. The second-order valence-electron chi connectivity index (χ2n) is 7.85. The van der Waals surface area contributed by atoms with Crippen molar-refractivity contribution in [2.24, 2.45) is 0 Å². The maximum Gasteiger partial charge on any atom is 0.428 e. The molecule has 2 aromatic rings. The third-order valence-corrected chi connectivity index (χ3v) is 6.80. The van der Waals surface area contributed by atoms with E-state index in [0.29, 0.717) is 18.6 Å². The lowest BCUT2D eigenvalue weighted by Crippen LogP contribution is -2.75. The Labute approximate surface area is 201 Å². The van der Waals surface area contributed by atoms with Crippen LogP contribution in [0.5, 0.6) is 0 Å². The van der Waals surface area contributed by atoms with Crippen LogP contribution >= 0.6 is 0 Å². The number of hydrogen-bond acceptors (Lipinski definition) is 4. The molecule has 198 valence electrons. The van der Waals surface area contributed by atoms with Crippen LogP contribution in [0.25, 0.3) is 0 Å². The van der Waals surface area contributed by atoms with E-state index in [4.69, 9.17) is 4.74 Å². The Morgan fingerprint density at radius 2 is 1.64 bits per heavy atom. The minimum Gasteiger partial charge on any atom is -0.374 e. The molecule has 3 N–H and O–H groups in total. The van der Waals surface area contributed by atoms with E-state index in [1.807, 2.05) is 0 Å². The zero-order chi connectivity index (χ0) is 26.8. The number of amides is 2. The van der Waals surface area contributed by atoms with Gasteiger partial charge in [0.15, 0.2) is 0 Å². The Morgan fingerprint density at radius 3 is 2.17 bits per heavy atom. The van der Waals surface area contributed by atoms with Crippen molar-refractivity contribution in [1.82, 2.24) is 10.0 Å². The number of alkyl halides is 6. The van der Waals surface area contributed by atoms with Crippen molar-refractivity contribution in [2.45, 2.75) is 48.3 Å². The summed E-state index contributed by atoms with van der Waals surface area (Å²) in [6.07, 6.45) is -12.0. The summed E-state index contributed by atoms with van der Waals surface area (Å²) in [6.45, 7) is -0.160. The molecule has 2 amide bonds. The highest BCUT2D eigenvalue weighted by atomic mass is 32.2. The topological polar surface area (TPSA) is 96.5 Å². The summed E-state index contributed by atoms with van der Waals surface area (Å²) >= 11 is 0. The lowest BCUT2D eigenvalue weighted by atomic mass is 9.95. The van der Waals surface area contributed by atoms with Gasteiger partial charge in [0.1, 0.15) is 11.9 Å². The van der Waals surface area contributed by atoms with Gasteiger partial charge in [-0.2, -0.15) is 31.1 Å². The Bertz CT molecular complexity index is 1180. The third kappa shape index (κ3) is 6.07. The first kappa shape index (κ1) is 27.7. The van der Waals surface area contributed by atoms with Gasteiger partial charge in [-0.1, -0.05) is 18.2 Å². The van der Waals surface area contributed by atoms with E-state index in [2.05, 4.69) is 0 Å². The van der Waals surface area contributed by atoms with Gasteiger partial charge in [-0.15, -0.1) is 0 Å². The number of rotatable bonds is 6. The number of urea groups is 1. The van der Waals surface area contributed by atoms with Crippen molar-refractivity contribution in [2.75, 3.05) is 11.9 Å². The van der Waals surface area contributed by atoms with Crippen LogP contribution in [0.2, 0.25) is 0 Å². The number of carbonyl (C=O) groups is 1. The van der Waals surface area contributed by atoms with Gasteiger partial charge in [-0.05, 0) is 49.6 Å². The number of ether oxygens (including phenoxy) is 1. The summed E-state index contributed by atoms with van der Waals surface area (Å²) in [5.74, 6) is -1.57. The number of anilines is 1. The fourth-order valence-corrected chi connectivity index (χ4v) is 4.92. The van der Waals surface area contributed by atoms with Crippen molar-refractivity contribution in [3.8, 4) is 0 Å². The molecule has 0 saturated carbocycles. The highest BCUT2D eigenvalue weighted by Crippen LogP contribution is 2.38. The quantitative estimate of drug-likeness (QED) is 0.361. The standard InChI is InChI=1S/C21H20F7N3O4S/c22-15-12-13(20(23,24)25)9-10-16(15)29-18(32)30-19(21(26,27)28,17-8-4-5-11-35-17)31-36(33,34)14-6-2-1-3-7-14/h1-3,6-7,9-10,12,17,31H,4-5,8,11H2,(H2,29,30,32). The van der Waals surface area contributed by atoms with Crippen molar-refractivity contribution in [1.29, 1.82) is 0 Å². The first-order valence-electron chi connectivity index (χ1n) is 10.4. The molecule has 0 spiro atoms. The molecule has 3 rings (SSSR count). The van der Waals surface area contributed by atoms with Crippen molar-refractivity contribution in [3.05, 3.63) is 59.9 Å². The predicted molar refractivity (Wildman–Crippen MR) is 113 cm³/mol. The van der Waals surface area contributed by atoms with Gasteiger partial charge in [-0.25, -0.2) is 17.6 Å². The van der Waals surface area contributed by atoms with Crippen LogP contribution in [0.3, 0.4) is 0 Å². The molecule has 1 fully saturated rings. The molecule has 0 aromatic heterocycles. The van der Waals surface area contributed by atoms with Crippen molar-refractivity contribution >= 4 is 21.7 Å². The van der Waals surface area contributed by atoms with Crippen LogP contribution in [0.15, 0.2) is 53.4 Å². The Balaban J connectivity index is 1.98. The van der Waals surface area contributed by atoms with Crippen LogP contribution in [0, 0.1) is 5.82 Å². The van der Waals surface area contributed by atoms with Gasteiger partial charge in [-0.3, -0.25) is 0 Å². The zero-order valence-electron chi connectivity index (χ0n) is 18.2. The third-order valence-electron chi connectivity index (χ3n) is 5.31. The van der Waals surface area contributed by atoms with Gasteiger partial charge in [0.05, 0.1) is 16.1 Å². The van der Waals surface area contributed by atoms with Crippen LogP contribution in [0.4, 0.5) is 41.2 Å². The van der Waals surface area contributed by atoms with Crippen LogP contribution in [0.1, 0.15) is 24.8 Å². The molecule has 1 saturated heterocycles. The number of sulfonamides is 1. The van der Waals surface area contributed by atoms with E-state index in [0.717, 1.165) is 12.1 Å². The number of hydrogen-bond donors (Lipinski definition) is 3. The average molecular weight is 543 g/mol. The molecule has 1 aliphatic heterocycles. The van der Waals surface area contributed by atoms with E-state index >= 15 is 0 Å². The zero-order valence-corrected chi connectivity index (χ0v) is 19.0. The molecular formula is C21H20F7N3O4S. The maximum atomic E-state index is 14.5. The minimum absolute atomic E-state index is 0.0506. The monoisotopic (exact) mass is 543 g/mol. The van der Waals surface area contributed by atoms with Gasteiger partial charge >= 0.3 is 18.4 Å². The molecule has 0 radical (unpaired) electrons. The Morgan fingerprint density at radius 1 is 0.972 bits per heavy atom. The summed E-state index contributed by atoms with van der Waals surface area (Å²) in [5, 5.41) is 3.21. The summed E-state index contributed by atoms with van der Waals surface area (Å²) in [6, 6.07) is 5.28. The molecule has 2 aromatic carbocycles. The molecule has 15 heteroatoms. The predicted octanol–water partition coefficient (Wildman–Crippen LogP) is 4.77. The summed E-state index contributed by atoms with van der Waals surface area (Å²) in [5.41, 5.74) is -5.96.